The minimum absolute atomic E-state index is 0.292. The summed E-state index contributed by atoms with van der Waals surface area (Å²) in [5, 5.41) is 8.28. The maximum absolute atomic E-state index is 12.4. The molecule has 3 aromatic heterocycles. The van der Waals surface area contributed by atoms with Gasteiger partial charge in [0.05, 0.1) is 11.9 Å². The van der Waals surface area contributed by atoms with Crippen molar-refractivity contribution in [2.24, 2.45) is 0 Å². The Bertz CT molecular complexity index is 1060. The highest BCUT2D eigenvalue weighted by Crippen LogP contribution is 2.30. The van der Waals surface area contributed by atoms with Crippen molar-refractivity contribution in [2.45, 2.75) is 12.9 Å². The van der Waals surface area contributed by atoms with Crippen LogP contribution in [0.3, 0.4) is 0 Å². The molecule has 10 heteroatoms. The van der Waals surface area contributed by atoms with E-state index in [1.165, 1.54) is 29.5 Å². The van der Waals surface area contributed by atoms with Gasteiger partial charge in [-0.05, 0) is 23.8 Å². The molecule has 0 fully saturated rings. The van der Waals surface area contributed by atoms with Gasteiger partial charge >= 0.3 is 6.36 Å². The van der Waals surface area contributed by atoms with E-state index in [-0.39, 0.29) is 5.75 Å². The van der Waals surface area contributed by atoms with Crippen LogP contribution in [0.25, 0.3) is 16.2 Å². The molecule has 138 valence electrons. The van der Waals surface area contributed by atoms with Crippen molar-refractivity contribution in [3.05, 3.63) is 60.6 Å². The molecule has 27 heavy (non-hydrogen) atoms. The number of anilines is 1. The Kier molecular flexibility index (Phi) is 4.40. The molecule has 1 aromatic carbocycles. The minimum Gasteiger partial charge on any atom is -0.406 e. The van der Waals surface area contributed by atoms with E-state index in [0.29, 0.717) is 27.9 Å². The Morgan fingerprint density at radius 3 is 2.81 bits per heavy atom. The number of nitrogens with zero attached hydrogens (tertiary/aromatic N) is 4. The number of alkyl halides is 3. The third kappa shape index (κ3) is 4.00. The van der Waals surface area contributed by atoms with Gasteiger partial charge in [0.2, 0.25) is 10.1 Å². The van der Waals surface area contributed by atoms with Crippen molar-refractivity contribution in [1.82, 2.24) is 19.6 Å². The molecule has 0 bridgehead atoms. The van der Waals surface area contributed by atoms with Crippen LogP contribution in [0, 0.1) is 0 Å². The van der Waals surface area contributed by atoms with Crippen LogP contribution in [0.4, 0.5) is 18.3 Å². The number of ether oxygens (including phenoxy) is 1. The summed E-state index contributed by atoms with van der Waals surface area (Å²) in [7, 11) is 0. The average Bonchev–Trinajstić information content (AvgIpc) is 3.20. The van der Waals surface area contributed by atoms with Crippen molar-refractivity contribution in [3.8, 4) is 17.0 Å². The van der Waals surface area contributed by atoms with E-state index in [4.69, 9.17) is 0 Å². The fraction of sp³-hybridized carbons (Fsp3) is 0.118. The lowest BCUT2D eigenvalue weighted by Crippen LogP contribution is -2.17. The summed E-state index contributed by atoms with van der Waals surface area (Å²) < 4.78 is 42.9. The Hall–Kier alpha value is -3.14. The van der Waals surface area contributed by atoms with Crippen molar-refractivity contribution in [1.29, 1.82) is 0 Å². The van der Waals surface area contributed by atoms with Gasteiger partial charge in [-0.1, -0.05) is 29.5 Å². The lowest BCUT2D eigenvalue weighted by atomic mass is 10.1. The second kappa shape index (κ2) is 6.88. The van der Waals surface area contributed by atoms with Crippen LogP contribution in [0.15, 0.2) is 55.0 Å². The topological polar surface area (TPSA) is 64.3 Å². The SMILES string of the molecule is FC(F)(F)Oc1cccc(-c2cnc3sc(NCc4cccnc4)nn23)c1. The molecule has 1 N–H and O–H groups in total. The number of pyridine rings is 1. The van der Waals surface area contributed by atoms with E-state index in [1.807, 2.05) is 12.1 Å². The zero-order chi connectivity index (χ0) is 18.9. The molecule has 0 radical (unpaired) electrons. The molecule has 0 aliphatic heterocycles. The van der Waals surface area contributed by atoms with Crippen LogP contribution in [0.5, 0.6) is 5.75 Å². The van der Waals surface area contributed by atoms with Gasteiger partial charge < -0.3 is 10.1 Å². The Balaban J connectivity index is 1.58. The summed E-state index contributed by atoms with van der Waals surface area (Å²) in [5.41, 5.74) is 2.10. The number of nitrogens with one attached hydrogen (secondary N) is 1. The average molecular weight is 391 g/mol. The first-order valence-electron chi connectivity index (χ1n) is 7.81. The van der Waals surface area contributed by atoms with Crippen molar-refractivity contribution < 1.29 is 17.9 Å². The normalized spacial score (nSPS) is 11.7. The van der Waals surface area contributed by atoms with Gasteiger partial charge in [0.25, 0.3) is 0 Å². The Morgan fingerprint density at radius 1 is 1.15 bits per heavy atom. The number of aromatic nitrogens is 4. The van der Waals surface area contributed by atoms with E-state index in [2.05, 4.69) is 25.1 Å². The Morgan fingerprint density at radius 2 is 2.04 bits per heavy atom. The van der Waals surface area contributed by atoms with Crippen LogP contribution in [0.2, 0.25) is 0 Å². The first-order valence-corrected chi connectivity index (χ1v) is 8.63. The highest BCUT2D eigenvalue weighted by atomic mass is 32.1. The van der Waals surface area contributed by atoms with Gasteiger partial charge in [0.15, 0.2) is 0 Å². The standard InChI is InChI=1S/C17H12F3N5OS/c18-17(19,20)26-13-5-1-4-12(7-13)14-10-23-16-25(14)24-15(27-16)22-9-11-3-2-6-21-8-11/h1-8,10H,9H2,(H,22,24). The lowest BCUT2D eigenvalue weighted by molar-refractivity contribution is -0.274. The maximum Gasteiger partial charge on any atom is 0.573 e. The molecule has 0 amide bonds. The van der Waals surface area contributed by atoms with Gasteiger partial charge in [-0.15, -0.1) is 18.3 Å². The van der Waals surface area contributed by atoms with E-state index < -0.39 is 6.36 Å². The molecule has 6 nitrogen and oxygen atoms in total. The van der Waals surface area contributed by atoms with Crippen LogP contribution >= 0.6 is 11.3 Å². The first kappa shape index (κ1) is 17.3. The second-order valence-corrected chi connectivity index (χ2v) is 6.49. The van der Waals surface area contributed by atoms with Gasteiger partial charge in [-0.25, -0.2) is 9.50 Å². The van der Waals surface area contributed by atoms with Crippen LogP contribution in [-0.2, 0) is 6.54 Å². The van der Waals surface area contributed by atoms with Gasteiger partial charge in [0, 0.05) is 24.5 Å². The third-order valence-corrected chi connectivity index (χ3v) is 4.50. The molecule has 0 aliphatic carbocycles. The van der Waals surface area contributed by atoms with Gasteiger partial charge in [-0.3, -0.25) is 4.98 Å². The third-order valence-electron chi connectivity index (χ3n) is 3.62. The van der Waals surface area contributed by atoms with Crippen LogP contribution in [0.1, 0.15) is 5.56 Å². The summed E-state index contributed by atoms with van der Waals surface area (Å²) in [6.45, 7) is 0.550. The van der Waals surface area contributed by atoms with E-state index in [0.717, 1.165) is 5.56 Å². The first-order chi connectivity index (χ1) is 13.0. The number of rotatable bonds is 5. The summed E-state index contributed by atoms with van der Waals surface area (Å²) >= 11 is 1.34. The maximum atomic E-state index is 12.4. The molecule has 4 aromatic rings. The zero-order valence-electron chi connectivity index (χ0n) is 13.6. The predicted octanol–water partition coefficient (Wildman–Crippen LogP) is 4.36. The molecule has 0 aliphatic rings. The monoisotopic (exact) mass is 391 g/mol. The number of fused-ring (bicyclic) bond motifs is 1. The Labute approximate surface area is 155 Å². The van der Waals surface area contributed by atoms with Crippen molar-refractivity contribution in [2.75, 3.05) is 5.32 Å². The van der Waals surface area contributed by atoms with E-state index >= 15 is 0 Å². The predicted molar refractivity (Wildman–Crippen MR) is 94.5 cm³/mol. The molecular weight excluding hydrogens is 379 g/mol. The largest absolute Gasteiger partial charge is 0.573 e. The quantitative estimate of drug-likeness (QED) is 0.548. The van der Waals surface area contributed by atoms with Crippen LogP contribution in [-0.4, -0.2) is 25.9 Å². The molecule has 0 saturated carbocycles. The minimum atomic E-state index is -4.74. The highest BCUT2D eigenvalue weighted by molar-refractivity contribution is 7.20. The summed E-state index contributed by atoms with van der Waals surface area (Å²) in [6.07, 6.45) is 0.277. The molecule has 0 spiro atoms. The summed E-state index contributed by atoms with van der Waals surface area (Å²) in [4.78, 5) is 8.95. The zero-order valence-corrected chi connectivity index (χ0v) is 14.5. The second-order valence-electron chi connectivity index (χ2n) is 5.54. The van der Waals surface area contributed by atoms with Gasteiger partial charge in [-0.2, -0.15) is 0 Å². The molecule has 0 saturated heterocycles. The number of benzene rings is 1. The molecular formula is C17H12F3N5OS. The summed E-state index contributed by atoms with van der Waals surface area (Å²) in [6, 6.07) is 9.50. The molecule has 4 rings (SSSR count). The van der Waals surface area contributed by atoms with Crippen molar-refractivity contribution >= 4 is 21.4 Å². The number of imidazole rings is 1. The lowest BCUT2D eigenvalue weighted by Gasteiger charge is -2.09. The molecule has 0 atom stereocenters. The van der Waals surface area contributed by atoms with Crippen LogP contribution < -0.4 is 10.1 Å². The fourth-order valence-corrected chi connectivity index (χ4v) is 3.26. The highest BCUT2D eigenvalue weighted by Gasteiger charge is 2.31. The smallest absolute Gasteiger partial charge is 0.406 e. The van der Waals surface area contributed by atoms with Crippen molar-refractivity contribution in [3.63, 3.8) is 0 Å². The van der Waals surface area contributed by atoms with Gasteiger partial charge in [0.1, 0.15) is 5.75 Å². The number of halogens is 3. The van der Waals surface area contributed by atoms with E-state index in [9.17, 15) is 13.2 Å². The number of hydrogen-bond acceptors (Lipinski definition) is 6. The molecule has 3 heterocycles. The number of hydrogen-bond donors (Lipinski definition) is 1. The molecule has 0 unspecified atom stereocenters. The fourth-order valence-electron chi connectivity index (χ4n) is 2.49. The summed E-state index contributed by atoms with van der Waals surface area (Å²) in [5.74, 6) is -0.292. The van der Waals surface area contributed by atoms with E-state index in [1.54, 1.807) is 29.2 Å².